The number of benzene rings is 1. The van der Waals surface area contributed by atoms with Crippen molar-refractivity contribution in [3.63, 3.8) is 0 Å². The zero-order valence-corrected chi connectivity index (χ0v) is 14.6. The minimum atomic E-state index is -3.86. The summed E-state index contributed by atoms with van der Waals surface area (Å²) >= 11 is 5.27. The zero-order valence-electron chi connectivity index (χ0n) is 12.1. The predicted molar refractivity (Wildman–Crippen MR) is 92.4 cm³/mol. The minimum absolute atomic E-state index is 0.0749. The highest BCUT2D eigenvalue weighted by atomic mass is 32.8. The average molecular weight is 363 g/mol. The summed E-state index contributed by atoms with van der Waals surface area (Å²) in [5, 5.41) is 9.18. The molecular formula is C15H13N3O2S3. The highest BCUT2D eigenvalue weighted by Crippen LogP contribution is 2.19. The molecule has 0 fully saturated rings. The number of nitrogens with zero attached hydrogens (tertiary/aromatic N) is 2. The molecule has 1 aromatic heterocycles. The second-order valence-corrected chi connectivity index (χ2v) is 8.67. The third-order valence-electron chi connectivity index (χ3n) is 2.89. The highest BCUT2D eigenvalue weighted by molar-refractivity contribution is 8.27. The van der Waals surface area contributed by atoms with Crippen molar-refractivity contribution in [2.45, 2.75) is 16.7 Å². The third-order valence-corrected chi connectivity index (χ3v) is 6.47. The summed E-state index contributed by atoms with van der Waals surface area (Å²) in [5.74, 6) is 0. The summed E-state index contributed by atoms with van der Waals surface area (Å²) in [6, 6.07) is 11.5. The van der Waals surface area contributed by atoms with Gasteiger partial charge in [-0.15, -0.1) is 0 Å². The molecule has 5 nitrogen and oxygen atoms in total. The van der Waals surface area contributed by atoms with Crippen molar-refractivity contribution in [3.8, 4) is 6.07 Å². The van der Waals surface area contributed by atoms with Gasteiger partial charge in [-0.1, -0.05) is 17.7 Å². The van der Waals surface area contributed by atoms with E-state index in [1.165, 1.54) is 12.1 Å². The molecule has 0 aliphatic heterocycles. The molecular weight excluding hydrogens is 350 g/mol. The first-order chi connectivity index (χ1) is 10.9. The van der Waals surface area contributed by atoms with Gasteiger partial charge in [0.2, 0.25) is 9.84 Å². The molecule has 1 heterocycles. The number of nitriles is 1. The van der Waals surface area contributed by atoms with Gasteiger partial charge in [0.1, 0.15) is 6.07 Å². The minimum Gasteiger partial charge on any atom is -0.328 e. The first kappa shape index (κ1) is 17.3. The fourth-order valence-electron chi connectivity index (χ4n) is 1.65. The molecule has 0 saturated heterocycles. The number of hydrogen-bond acceptors (Lipinski definition) is 5. The van der Waals surface area contributed by atoms with Gasteiger partial charge in [-0.3, -0.25) is 4.98 Å². The van der Waals surface area contributed by atoms with Crippen LogP contribution in [0.15, 0.2) is 69.7 Å². The van der Waals surface area contributed by atoms with E-state index in [0.29, 0.717) is 0 Å². The topological polar surface area (TPSA) is 82.8 Å². The Kier molecular flexibility index (Phi) is 5.60. The van der Waals surface area contributed by atoms with Crippen LogP contribution in [0.1, 0.15) is 5.56 Å². The van der Waals surface area contributed by atoms with Crippen LogP contribution < -0.4 is 4.72 Å². The average Bonchev–Trinajstić information content (AvgIpc) is 2.56. The SMILES string of the molecule is Cc1ccc(S(=O)(=O)C(C#N)=CNS(=S)c2ccncc2)cc1. The van der Waals surface area contributed by atoms with Gasteiger partial charge in [-0.25, -0.2) is 8.42 Å². The highest BCUT2D eigenvalue weighted by Gasteiger charge is 2.20. The Morgan fingerprint density at radius 2 is 1.87 bits per heavy atom. The summed E-state index contributed by atoms with van der Waals surface area (Å²) in [6.07, 6.45) is 4.36. The predicted octanol–water partition coefficient (Wildman–Crippen LogP) is 2.17. The lowest BCUT2D eigenvalue weighted by Gasteiger charge is -2.07. The van der Waals surface area contributed by atoms with Crippen LogP contribution in [0.25, 0.3) is 0 Å². The molecule has 118 valence electrons. The second-order valence-electron chi connectivity index (χ2n) is 4.51. The van der Waals surface area contributed by atoms with Crippen LogP contribution in [-0.4, -0.2) is 13.4 Å². The van der Waals surface area contributed by atoms with Gasteiger partial charge in [0.15, 0.2) is 4.91 Å². The van der Waals surface area contributed by atoms with Crippen molar-refractivity contribution < 1.29 is 8.42 Å². The Bertz CT molecular complexity index is 884. The van der Waals surface area contributed by atoms with E-state index in [-0.39, 0.29) is 9.80 Å². The summed E-state index contributed by atoms with van der Waals surface area (Å²) in [5.41, 5.74) is 0.939. The van der Waals surface area contributed by atoms with Crippen LogP contribution in [0.4, 0.5) is 0 Å². The number of aryl methyl sites for hydroxylation is 1. The van der Waals surface area contributed by atoms with E-state index in [4.69, 9.17) is 11.2 Å². The fourth-order valence-corrected chi connectivity index (χ4v) is 4.02. The van der Waals surface area contributed by atoms with E-state index in [2.05, 4.69) is 9.71 Å². The van der Waals surface area contributed by atoms with Crippen LogP contribution in [0.5, 0.6) is 0 Å². The molecule has 0 aliphatic carbocycles. The van der Waals surface area contributed by atoms with Crippen molar-refractivity contribution in [2.24, 2.45) is 0 Å². The largest absolute Gasteiger partial charge is 0.328 e. The Balaban J connectivity index is 2.27. The Hall–Kier alpha value is -2.08. The Labute approximate surface area is 142 Å². The summed E-state index contributed by atoms with van der Waals surface area (Å²) in [7, 11) is -4.71. The fraction of sp³-hybridized carbons (Fsp3) is 0.0667. The third kappa shape index (κ3) is 4.22. The molecule has 0 bridgehead atoms. The maximum atomic E-state index is 12.5. The van der Waals surface area contributed by atoms with Gasteiger partial charge in [0.05, 0.1) is 4.90 Å². The maximum absolute atomic E-state index is 12.5. The monoisotopic (exact) mass is 363 g/mol. The van der Waals surface area contributed by atoms with Crippen molar-refractivity contribution in [2.75, 3.05) is 0 Å². The normalized spacial score (nSPS) is 13.1. The van der Waals surface area contributed by atoms with Crippen molar-refractivity contribution >= 4 is 30.7 Å². The van der Waals surface area contributed by atoms with Gasteiger partial charge >= 0.3 is 0 Å². The number of sulfone groups is 1. The molecule has 1 aromatic carbocycles. The van der Waals surface area contributed by atoms with Gasteiger partial charge in [0, 0.05) is 33.1 Å². The molecule has 2 aromatic rings. The van der Waals surface area contributed by atoms with Gasteiger partial charge in [-0.05, 0) is 42.4 Å². The lowest BCUT2D eigenvalue weighted by molar-refractivity contribution is 0.603. The zero-order chi connectivity index (χ0) is 16.9. The Morgan fingerprint density at radius 3 is 2.43 bits per heavy atom. The standard InChI is InChI=1S/C15H13N3O2S3/c1-12-2-4-14(5-3-12)23(19,20)15(10-16)11-18-22(21)13-6-8-17-9-7-13/h2-9,11,18H,1H3. The van der Waals surface area contributed by atoms with Crippen LogP contribution in [0.2, 0.25) is 0 Å². The summed E-state index contributed by atoms with van der Waals surface area (Å²) in [4.78, 5) is 4.38. The van der Waals surface area contributed by atoms with Crippen LogP contribution in [0, 0.1) is 18.3 Å². The molecule has 1 unspecified atom stereocenters. The molecule has 8 heteroatoms. The van der Waals surface area contributed by atoms with E-state index in [1.807, 2.05) is 6.92 Å². The molecule has 0 saturated carbocycles. The number of nitrogens with one attached hydrogen (secondary N) is 1. The summed E-state index contributed by atoms with van der Waals surface area (Å²) < 4.78 is 27.7. The number of rotatable bonds is 5. The van der Waals surface area contributed by atoms with Crippen LogP contribution in [0.3, 0.4) is 0 Å². The molecule has 1 atom stereocenters. The number of allylic oxidation sites excluding steroid dienone is 1. The van der Waals surface area contributed by atoms with Gasteiger partial charge in [0.25, 0.3) is 0 Å². The van der Waals surface area contributed by atoms with E-state index in [1.54, 1.807) is 42.7 Å². The van der Waals surface area contributed by atoms with E-state index in [0.717, 1.165) is 16.7 Å². The van der Waals surface area contributed by atoms with Gasteiger partial charge in [-0.2, -0.15) is 5.26 Å². The summed E-state index contributed by atoms with van der Waals surface area (Å²) in [6.45, 7) is 1.86. The molecule has 2 rings (SSSR count). The van der Waals surface area contributed by atoms with E-state index >= 15 is 0 Å². The molecule has 0 radical (unpaired) electrons. The van der Waals surface area contributed by atoms with Crippen molar-refractivity contribution in [3.05, 3.63) is 65.5 Å². The smallest absolute Gasteiger partial charge is 0.218 e. The quantitative estimate of drug-likeness (QED) is 0.820. The van der Waals surface area contributed by atoms with Gasteiger partial charge < -0.3 is 4.72 Å². The number of aromatic nitrogens is 1. The number of hydrogen-bond donors (Lipinski definition) is 1. The Morgan fingerprint density at radius 1 is 1.26 bits per heavy atom. The first-order valence-electron chi connectivity index (χ1n) is 6.45. The van der Waals surface area contributed by atoms with Crippen LogP contribution in [-0.2, 0) is 30.7 Å². The molecule has 1 N–H and O–H groups in total. The second kappa shape index (κ2) is 7.46. The molecule has 0 amide bonds. The van der Waals surface area contributed by atoms with Crippen molar-refractivity contribution in [1.82, 2.24) is 9.71 Å². The molecule has 0 aliphatic rings. The van der Waals surface area contributed by atoms with Crippen LogP contribution >= 0.6 is 0 Å². The van der Waals surface area contributed by atoms with Crippen molar-refractivity contribution in [1.29, 1.82) is 5.26 Å². The van der Waals surface area contributed by atoms with E-state index < -0.39 is 19.5 Å². The lowest BCUT2D eigenvalue weighted by atomic mass is 10.2. The molecule has 0 spiro atoms. The number of pyridine rings is 1. The van der Waals surface area contributed by atoms with E-state index in [9.17, 15) is 13.7 Å². The first-order valence-corrected chi connectivity index (χ1v) is 10.1. The molecule has 23 heavy (non-hydrogen) atoms. The lowest BCUT2D eigenvalue weighted by Crippen LogP contribution is -2.13. The maximum Gasteiger partial charge on any atom is 0.218 e.